The first-order valence-electron chi connectivity index (χ1n) is 8.83. The van der Waals surface area contributed by atoms with Crippen LogP contribution in [0.4, 0.5) is 5.82 Å². The van der Waals surface area contributed by atoms with Crippen LogP contribution in [0.5, 0.6) is 0 Å². The molecule has 2 aromatic rings. The minimum absolute atomic E-state index is 0.102. The summed E-state index contributed by atoms with van der Waals surface area (Å²) in [6, 6.07) is 0. The summed E-state index contributed by atoms with van der Waals surface area (Å²) in [5.74, 6) is 2.03. The van der Waals surface area contributed by atoms with Gasteiger partial charge in [0.15, 0.2) is 0 Å². The molecule has 0 aliphatic carbocycles. The van der Waals surface area contributed by atoms with Gasteiger partial charge < -0.3 is 10.6 Å². The average Bonchev–Trinajstić information content (AvgIpc) is 3.04. The molecule has 2 aromatic heterocycles. The standard InChI is InChI=1S/C18H25N5OS/c1-10(2)15-22-14-13(6-8-20-17(14)24)16(23-15)19-7-5-12-9-25-18(21-12)11(3)4/h9-11H,5-8H2,1-4H3,(H,20,24)(H,19,22,23). The van der Waals surface area contributed by atoms with Crippen molar-refractivity contribution in [1.82, 2.24) is 20.3 Å². The fourth-order valence-electron chi connectivity index (χ4n) is 2.73. The van der Waals surface area contributed by atoms with Crippen molar-refractivity contribution in [2.45, 2.75) is 52.4 Å². The summed E-state index contributed by atoms with van der Waals surface area (Å²) in [6.45, 7) is 9.77. The summed E-state index contributed by atoms with van der Waals surface area (Å²) >= 11 is 1.72. The smallest absolute Gasteiger partial charge is 0.270 e. The molecule has 3 rings (SSSR count). The van der Waals surface area contributed by atoms with Gasteiger partial charge in [0.1, 0.15) is 17.3 Å². The molecule has 2 N–H and O–H groups in total. The number of nitrogens with one attached hydrogen (secondary N) is 2. The zero-order chi connectivity index (χ0) is 18.0. The molecule has 0 bridgehead atoms. The molecule has 0 radical (unpaired) electrons. The van der Waals surface area contributed by atoms with Crippen molar-refractivity contribution in [2.24, 2.45) is 0 Å². The number of nitrogens with zero attached hydrogens (tertiary/aromatic N) is 3. The van der Waals surface area contributed by atoms with Crippen molar-refractivity contribution in [1.29, 1.82) is 0 Å². The lowest BCUT2D eigenvalue weighted by atomic mass is 10.1. The summed E-state index contributed by atoms with van der Waals surface area (Å²) in [6.07, 6.45) is 1.60. The molecule has 1 aliphatic heterocycles. The lowest BCUT2D eigenvalue weighted by Gasteiger charge is -2.20. The van der Waals surface area contributed by atoms with E-state index in [-0.39, 0.29) is 11.8 Å². The van der Waals surface area contributed by atoms with Crippen LogP contribution in [0.2, 0.25) is 0 Å². The van der Waals surface area contributed by atoms with Crippen molar-refractivity contribution in [3.63, 3.8) is 0 Å². The maximum atomic E-state index is 12.1. The van der Waals surface area contributed by atoms with Gasteiger partial charge in [-0.15, -0.1) is 11.3 Å². The molecule has 0 unspecified atom stereocenters. The Bertz CT molecular complexity index is 769. The minimum atomic E-state index is -0.102. The van der Waals surface area contributed by atoms with E-state index in [9.17, 15) is 4.79 Å². The van der Waals surface area contributed by atoms with Crippen LogP contribution in [-0.4, -0.2) is 33.9 Å². The van der Waals surface area contributed by atoms with Crippen molar-refractivity contribution >= 4 is 23.1 Å². The molecule has 1 aliphatic rings. The second-order valence-corrected chi connectivity index (χ2v) is 7.82. The van der Waals surface area contributed by atoms with Gasteiger partial charge in [-0.25, -0.2) is 15.0 Å². The molecule has 0 saturated heterocycles. The fourth-order valence-corrected chi connectivity index (χ4v) is 3.60. The van der Waals surface area contributed by atoms with Crippen molar-refractivity contribution in [3.8, 4) is 0 Å². The molecule has 7 heteroatoms. The fraction of sp³-hybridized carbons (Fsp3) is 0.556. The van der Waals surface area contributed by atoms with Crippen LogP contribution < -0.4 is 10.6 Å². The van der Waals surface area contributed by atoms with E-state index in [0.29, 0.717) is 24.0 Å². The Morgan fingerprint density at radius 2 is 2.00 bits per heavy atom. The van der Waals surface area contributed by atoms with E-state index >= 15 is 0 Å². The maximum absolute atomic E-state index is 12.1. The van der Waals surface area contributed by atoms with Crippen LogP contribution >= 0.6 is 11.3 Å². The lowest BCUT2D eigenvalue weighted by Crippen LogP contribution is -2.34. The van der Waals surface area contributed by atoms with E-state index in [2.05, 4.69) is 44.8 Å². The Labute approximate surface area is 152 Å². The quantitative estimate of drug-likeness (QED) is 0.828. The molecule has 134 valence electrons. The van der Waals surface area contributed by atoms with Crippen LogP contribution in [0.3, 0.4) is 0 Å². The highest BCUT2D eigenvalue weighted by molar-refractivity contribution is 7.09. The number of anilines is 1. The monoisotopic (exact) mass is 359 g/mol. The first-order valence-corrected chi connectivity index (χ1v) is 9.70. The largest absolute Gasteiger partial charge is 0.369 e. The Balaban J connectivity index is 1.75. The molecule has 0 aromatic carbocycles. The van der Waals surface area contributed by atoms with Gasteiger partial charge in [0.05, 0.1) is 10.7 Å². The Morgan fingerprint density at radius 1 is 1.20 bits per heavy atom. The van der Waals surface area contributed by atoms with E-state index in [4.69, 9.17) is 0 Å². The third-order valence-electron chi connectivity index (χ3n) is 4.15. The summed E-state index contributed by atoms with van der Waals surface area (Å²) in [5.41, 5.74) is 2.54. The Kier molecular flexibility index (Phi) is 5.32. The molecule has 1 amide bonds. The number of thiazole rings is 1. The van der Waals surface area contributed by atoms with E-state index in [1.165, 1.54) is 5.01 Å². The second kappa shape index (κ2) is 7.47. The summed E-state index contributed by atoms with van der Waals surface area (Å²) in [4.78, 5) is 25.9. The zero-order valence-corrected chi connectivity index (χ0v) is 16.0. The summed E-state index contributed by atoms with van der Waals surface area (Å²) < 4.78 is 0. The SMILES string of the molecule is CC(C)c1nc(NCCc2csc(C(C)C)n2)c2c(n1)C(=O)NCC2. The van der Waals surface area contributed by atoms with Crippen LogP contribution in [0, 0.1) is 0 Å². The first kappa shape index (κ1) is 17.8. The van der Waals surface area contributed by atoms with Gasteiger partial charge in [-0.1, -0.05) is 27.7 Å². The molecule has 25 heavy (non-hydrogen) atoms. The van der Waals surface area contributed by atoms with Crippen LogP contribution in [0.25, 0.3) is 0 Å². The second-order valence-electron chi connectivity index (χ2n) is 6.93. The van der Waals surface area contributed by atoms with Crippen molar-refractivity contribution in [2.75, 3.05) is 18.4 Å². The van der Waals surface area contributed by atoms with Crippen LogP contribution in [0.15, 0.2) is 5.38 Å². The van der Waals surface area contributed by atoms with Crippen molar-refractivity contribution in [3.05, 3.63) is 33.2 Å². The third-order valence-corrected chi connectivity index (χ3v) is 5.35. The number of hydrogen-bond acceptors (Lipinski definition) is 6. The van der Waals surface area contributed by atoms with E-state index in [0.717, 1.165) is 36.5 Å². The van der Waals surface area contributed by atoms with Gasteiger partial charge in [-0.3, -0.25) is 4.79 Å². The number of hydrogen-bond donors (Lipinski definition) is 2. The maximum Gasteiger partial charge on any atom is 0.270 e. The van der Waals surface area contributed by atoms with Crippen LogP contribution in [-0.2, 0) is 12.8 Å². The number of rotatable bonds is 6. The molecule has 0 spiro atoms. The highest BCUT2D eigenvalue weighted by Crippen LogP contribution is 2.23. The topological polar surface area (TPSA) is 79.8 Å². The predicted octanol–water partition coefficient (Wildman–Crippen LogP) is 3.12. The van der Waals surface area contributed by atoms with E-state index in [1.807, 2.05) is 13.8 Å². The molecule has 0 atom stereocenters. The lowest BCUT2D eigenvalue weighted by molar-refractivity contribution is 0.0940. The normalized spacial score (nSPS) is 13.9. The molecule has 0 fully saturated rings. The number of amides is 1. The Hall–Kier alpha value is -2.02. The number of fused-ring (bicyclic) bond motifs is 1. The predicted molar refractivity (Wildman–Crippen MR) is 101 cm³/mol. The van der Waals surface area contributed by atoms with Gasteiger partial charge in [0.25, 0.3) is 5.91 Å². The summed E-state index contributed by atoms with van der Waals surface area (Å²) in [5, 5.41) is 9.57. The van der Waals surface area contributed by atoms with Crippen molar-refractivity contribution < 1.29 is 4.79 Å². The van der Waals surface area contributed by atoms with Crippen LogP contribution in [0.1, 0.15) is 72.1 Å². The molecule has 6 nitrogen and oxygen atoms in total. The molecule has 0 saturated carbocycles. The highest BCUT2D eigenvalue weighted by Gasteiger charge is 2.24. The molecular formula is C18H25N5OS. The average molecular weight is 359 g/mol. The highest BCUT2D eigenvalue weighted by atomic mass is 32.1. The van der Waals surface area contributed by atoms with Gasteiger partial charge in [0.2, 0.25) is 0 Å². The molecule has 3 heterocycles. The van der Waals surface area contributed by atoms with Gasteiger partial charge in [-0.2, -0.15) is 0 Å². The number of carbonyl (C=O) groups is 1. The minimum Gasteiger partial charge on any atom is -0.369 e. The van der Waals surface area contributed by atoms with E-state index in [1.54, 1.807) is 11.3 Å². The first-order chi connectivity index (χ1) is 12.0. The van der Waals surface area contributed by atoms with Gasteiger partial charge in [-0.05, 0) is 6.42 Å². The Morgan fingerprint density at radius 3 is 2.68 bits per heavy atom. The van der Waals surface area contributed by atoms with Gasteiger partial charge >= 0.3 is 0 Å². The summed E-state index contributed by atoms with van der Waals surface area (Å²) in [7, 11) is 0. The molecular weight excluding hydrogens is 334 g/mol. The van der Waals surface area contributed by atoms with E-state index < -0.39 is 0 Å². The van der Waals surface area contributed by atoms with Gasteiger partial charge in [0, 0.05) is 42.3 Å². The zero-order valence-electron chi connectivity index (χ0n) is 15.2. The third kappa shape index (κ3) is 3.98. The number of aromatic nitrogens is 3. The number of carbonyl (C=O) groups excluding carboxylic acids is 1.